The van der Waals surface area contributed by atoms with Gasteiger partial charge in [0, 0.05) is 35.4 Å². The highest BCUT2D eigenvalue weighted by atomic mass is 35.5. The van der Waals surface area contributed by atoms with Crippen molar-refractivity contribution >= 4 is 62.2 Å². The maximum atomic E-state index is 13.7. The third-order valence-electron chi connectivity index (χ3n) is 6.88. The predicted octanol–water partition coefficient (Wildman–Crippen LogP) is 5.72. The Morgan fingerprint density at radius 1 is 0.951 bits per heavy atom. The number of rotatable bonds is 7. The second kappa shape index (κ2) is 11.7. The van der Waals surface area contributed by atoms with Crippen LogP contribution < -0.4 is 10.4 Å². The summed E-state index contributed by atoms with van der Waals surface area (Å²) in [5, 5.41) is 27.5. The largest absolute Gasteiger partial charge is 0.508 e. The molecule has 0 unspecified atom stereocenters. The Morgan fingerprint density at radius 2 is 1.63 bits per heavy atom. The molecule has 2 aliphatic rings. The number of carbonyl (C=O) groups is 1. The van der Waals surface area contributed by atoms with Crippen LogP contribution in [-0.2, 0) is 19.2 Å². The summed E-state index contributed by atoms with van der Waals surface area (Å²) in [5.74, 6) is -1.59. The molecule has 5 rings (SSSR count). The first-order valence-corrected chi connectivity index (χ1v) is 15.3. The number of hydrazone groups is 1. The molecule has 0 aromatic heterocycles. The molecular formula is C27H26Cl3N4O6S+. The molecule has 0 radical (unpaired) electrons. The van der Waals surface area contributed by atoms with E-state index in [1.807, 2.05) is 12.1 Å². The number of nitrogens with one attached hydrogen (secondary N) is 1. The zero-order chi connectivity index (χ0) is 29.4. The second-order valence-electron chi connectivity index (χ2n) is 9.78. The van der Waals surface area contributed by atoms with Gasteiger partial charge in [-0.2, -0.15) is 18.9 Å². The zero-order valence-corrected chi connectivity index (χ0v) is 24.6. The van der Waals surface area contributed by atoms with Crippen molar-refractivity contribution in [3.05, 3.63) is 81.3 Å². The van der Waals surface area contributed by atoms with Gasteiger partial charge in [0.25, 0.3) is 0 Å². The molecule has 10 nitrogen and oxygen atoms in total. The lowest BCUT2D eigenvalue weighted by atomic mass is 10.0. The van der Waals surface area contributed by atoms with Gasteiger partial charge in [0.15, 0.2) is 0 Å². The number of piperidine rings is 1. The molecule has 1 fully saturated rings. The van der Waals surface area contributed by atoms with Crippen LogP contribution in [0.5, 0.6) is 11.5 Å². The number of hydroxylamine groups is 2. The highest BCUT2D eigenvalue weighted by Gasteiger charge is 2.44. The minimum Gasteiger partial charge on any atom is -0.508 e. The van der Waals surface area contributed by atoms with Crippen LogP contribution in [0.15, 0.2) is 70.7 Å². The molecule has 3 N–H and O–H groups in total. The summed E-state index contributed by atoms with van der Waals surface area (Å²) in [6, 6.07) is 14.7. The molecule has 3 aromatic carbocycles. The molecule has 0 bridgehead atoms. The molecule has 0 aliphatic carbocycles. The van der Waals surface area contributed by atoms with Crippen LogP contribution in [0, 0.1) is 0 Å². The first-order chi connectivity index (χ1) is 19.5. The van der Waals surface area contributed by atoms with E-state index in [1.54, 1.807) is 35.3 Å². The topological polar surface area (TPSA) is 129 Å². The number of phenols is 2. The first kappa shape index (κ1) is 29.4. The summed E-state index contributed by atoms with van der Waals surface area (Å²) >= 11 is 18.7. The van der Waals surface area contributed by atoms with Gasteiger partial charge in [-0.15, -0.1) is 0 Å². The summed E-state index contributed by atoms with van der Waals surface area (Å²) in [4.78, 5) is 13.1. The molecule has 3 aromatic rings. The fourth-order valence-electron chi connectivity index (χ4n) is 4.89. The number of anilines is 1. The molecule has 14 heteroatoms. The van der Waals surface area contributed by atoms with Gasteiger partial charge in [0.2, 0.25) is 0 Å². The number of hydrogen-bond donors (Lipinski definition) is 3. The molecule has 0 saturated carbocycles. The van der Waals surface area contributed by atoms with Crippen LogP contribution in [-0.4, -0.2) is 48.1 Å². The molecule has 2 aliphatic heterocycles. The maximum Gasteiger partial charge on any atom is 0.349 e. The van der Waals surface area contributed by atoms with Crippen LogP contribution >= 0.6 is 34.8 Å². The van der Waals surface area contributed by atoms with E-state index in [0.717, 1.165) is 30.2 Å². The second-order valence-corrected chi connectivity index (χ2v) is 12.6. The Morgan fingerprint density at radius 3 is 2.32 bits per heavy atom. The first-order valence-electron chi connectivity index (χ1n) is 12.7. The van der Waals surface area contributed by atoms with E-state index in [1.165, 1.54) is 0 Å². The van der Waals surface area contributed by atoms with Crippen molar-refractivity contribution in [1.82, 2.24) is 5.43 Å². The van der Waals surface area contributed by atoms with Crippen molar-refractivity contribution in [3.63, 3.8) is 0 Å². The predicted molar refractivity (Wildman–Crippen MR) is 155 cm³/mol. The fourth-order valence-corrected chi connectivity index (χ4v) is 6.74. The maximum absolute atomic E-state index is 13.7. The van der Waals surface area contributed by atoms with Crippen molar-refractivity contribution in [2.75, 3.05) is 18.1 Å². The number of halogens is 3. The zero-order valence-electron chi connectivity index (χ0n) is 21.5. The standard InChI is InChI=1S/C27H25Cl3N4O6S/c28-18-6-4-17(5-7-18)24-16-22(31-33(24)23-10-8-19(29)14-21(23)30)27(37)32-34(12-2-1-3-13-34)40-41(38,39)26-15-20(35)9-11-25(26)36/h4-11,14-15,24H,1-3,12-13,16H2,(H2-,31,32,35,36,37)/p+1/t24-/m0/s1. The van der Waals surface area contributed by atoms with Gasteiger partial charge in [-0.25, -0.2) is 0 Å². The molecule has 41 heavy (non-hydrogen) atoms. The number of carbonyl (C=O) groups excluding carboxylic acids is 1. The van der Waals surface area contributed by atoms with Crippen molar-refractivity contribution < 1.29 is 32.5 Å². The van der Waals surface area contributed by atoms with E-state index in [0.29, 0.717) is 33.6 Å². The van der Waals surface area contributed by atoms with Gasteiger partial charge >= 0.3 is 16.0 Å². The van der Waals surface area contributed by atoms with E-state index < -0.39 is 37.5 Å². The van der Waals surface area contributed by atoms with E-state index in [2.05, 4.69) is 10.5 Å². The summed E-state index contributed by atoms with van der Waals surface area (Å²) in [7, 11) is -4.61. The van der Waals surface area contributed by atoms with Gasteiger partial charge in [0.1, 0.15) is 35.2 Å². The van der Waals surface area contributed by atoms with Crippen LogP contribution in [0.25, 0.3) is 0 Å². The lowest BCUT2D eigenvalue weighted by molar-refractivity contribution is -1.11. The minimum atomic E-state index is -4.61. The van der Waals surface area contributed by atoms with Crippen molar-refractivity contribution in [2.24, 2.45) is 5.10 Å². The van der Waals surface area contributed by atoms with Gasteiger partial charge in [-0.1, -0.05) is 51.7 Å². The normalized spacial score (nSPS) is 18.7. The minimum absolute atomic E-state index is 0.125. The van der Waals surface area contributed by atoms with E-state index >= 15 is 0 Å². The highest BCUT2D eigenvalue weighted by molar-refractivity contribution is 7.86. The Bertz CT molecular complexity index is 1610. The van der Waals surface area contributed by atoms with Gasteiger partial charge in [-0.05, 0) is 58.7 Å². The van der Waals surface area contributed by atoms with E-state index in [4.69, 9.17) is 39.1 Å². The van der Waals surface area contributed by atoms with Crippen molar-refractivity contribution in [2.45, 2.75) is 36.6 Å². The molecule has 2 heterocycles. The summed E-state index contributed by atoms with van der Waals surface area (Å²) in [5.41, 5.74) is 4.21. The van der Waals surface area contributed by atoms with Gasteiger partial charge < -0.3 is 10.2 Å². The third kappa shape index (κ3) is 6.40. The average molecular weight is 641 g/mol. The highest BCUT2D eigenvalue weighted by Crippen LogP contribution is 2.40. The fraction of sp³-hybridized carbons (Fsp3) is 0.259. The molecule has 216 valence electrons. The Kier molecular flexibility index (Phi) is 8.38. The number of amides is 1. The summed E-state index contributed by atoms with van der Waals surface area (Å²) < 4.78 is 31.3. The number of aromatic hydroxyl groups is 2. The van der Waals surface area contributed by atoms with Crippen LogP contribution in [0.4, 0.5) is 5.69 Å². The summed E-state index contributed by atoms with van der Waals surface area (Å²) in [6.07, 6.45) is 2.15. The van der Waals surface area contributed by atoms with Gasteiger partial charge in [0.05, 0.1) is 16.8 Å². The van der Waals surface area contributed by atoms with Gasteiger partial charge in [-0.3, -0.25) is 9.80 Å². The monoisotopic (exact) mass is 639 g/mol. The Labute approximate surface area is 251 Å². The smallest absolute Gasteiger partial charge is 0.349 e. The lowest BCUT2D eigenvalue weighted by Crippen LogP contribution is -2.64. The number of phenolic OH excluding ortho intramolecular Hbond substituents is 2. The van der Waals surface area contributed by atoms with Crippen LogP contribution in [0.2, 0.25) is 15.1 Å². The van der Waals surface area contributed by atoms with Crippen LogP contribution in [0.3, 0.4) is 0 Å². The molecule has 0 spiro atoms. The number of benzene rings is 3. The third-order valence-corrected chi connectivity index (χ3v) is 9.02. The number of nitrogens with zero attached hydrogens (tertiary/aromatic N) is 3. The van der Waals surface area contributed by atoms with E-state index in [9.17, 15) is 23.4 Å². The van der Waals surface area contributed by atoms with E-state index in [-0.39, 0.29) is 31.0 Å². The van der Waals surface area contributed by atoms with Crippen molar-refractivity contribution in [1.29, 1.82) is 0 Å². The number of hydrogen-bond acceptors (Lipinski definition) is 8. The molecule has 1 amide bonds. The number of quaternary nitrogens is 1. The quantitative estimate of drug-likeness (QED) is 0.223. The molecule has 1 atom stereocenters. The lowest BCUT2D eigenvalue weighted by Gasteiger charge is -2.35. The average Bonchev–Trinajstić information content (AvgIpc) is 3.36. The molecular weight excluding hydrogens is 615 g/mol. The Hall–Kier alpha value is -3.06. The van der Waals surface area contributed by atoms with Crippen LogP contribution in [0.1, 0.15) is 37.3 Å². The van der Waals surface area contributed by atoms with Crippen molar-refractivity contribution in [3.8, 4) is 11.5 Å². The SMILES string of the molecule is O=C(N[N+]1(OS(=O)(=O)c2cc(O)ccc2O)CCCCC1)C1=NN(c2ccc(Cl)cc2Cl)[C@H](c2ccc(Cl)cc2)C1. The Balaban J connectivity index is 1.46. The summed E-state index contributed by atoms with van der Waals surface area (Å²) in [6.45, 7) is 0.316. The molecule has 1 saturated heterocycles.